The predicted octanol–water partition coefficient (Wildman–Crippen LogP) is -1.43. The Labute approximate surface area is 156 Å². The lowest BCUT2D eigenvalue weighted by Crippen LogP contribution is -2.67. The summed E-state index contributed by atoms with van der Waals surface area (Å²) in [5, 5.41) is 11.4. The Hall–Kier alpha value is -2.76. The molecule has 2 aliphatic heterocycles. The van der Waals surface area contributed by atoms with Gasteiger partial charge in [-0.05, 0) is 27.7 Å². The van der Waals surface area contributed by atoms with Gasteiger partial charge in [-0.3, -0.25) is 0 Å². The van der Waals surface area contributed by atoms with Gasteiger partial charge in [-0.15, -0.1) is 0 Å². The van der Waals surface area contributed by atoms with Crippen molar-refractivity contribution in [1.82, 2.24) is 5.32 Å². The first-order chi connectivity index (χ1) is 12.4. The molecule has 0 unspecified atom stereocenters. The fourth-order valence-corrected chi connectivity index (χ4v) is 1.45. The Balaban J connectivity index is 0.000000468. The largest absolute Gasteiger partial charge is 0.550 e. The second-order valence-corrected chi connectivity index (χ2v) is 6.44. The third-order valence-corrected chi connectivity index (χ3v) is 2.40. The van der Waals surface area contributed by atoms with Crippen molar-refractivity contribution in [3.05, 3.63) is 0 Å². The number of rotatable bonds is 1. The number of amides is 1. The number of nitrogens with one attached hydrogen (secondary N) is 1. The number of alkyl carbamates (subject to hydrolysis) is 1. The molecule has 0 atom stereocenters. The van der Waals surface area contributed by atoms with Crippen LogP contribution in [0.1, 0.15) is 27.7 Å². The number of quaternary nitrogens is 1. The summed E-state index contributed by atoms with van der Waals surface area (Å²) in [6.07, 6.45) is -1.84. The summed E-state index contributed by atoms with van der Waals surface area (Å²) in [6, 6.07) is -0.245. The third kappa shape index (κ3) is 15.2. The maximum absolute atomic E-state index is 11.3. The van der Waals surface area contributed by atoms with Gasteiger partial charge in [-0.25, -0.2) is 14.4 Å². The Morgan fingerprint density at radius 2 is 1.41 bits per heavy atom. The molecule has 0 bridgehead atoms. The van der Waals surface area contributed by atoms with Gasteiger partial charge in [0.15, 0.2) is 6.04 Å². The summed E-state index contributed by atoms with van der Waals surface area (Å²) < 4.78 is 23.1. The summed E-state index contributed by atoms with van der Waals surface area (Å²) in [7, 11) is 0. The summed E-state index contributed by atoms with van der Waals surface area (Å²) in [5.74, 6) is -1.08. The molecule has 0 aromatic rings. The van der Waals surface area contributed by atoms with Crippen LogP contribution in [0.2, 0.25) is 0 Å². The van der Waals surface area contributed by atoms with E-state index in [1.165, 1.54) is 0 Å². The number of aliphatic carboxylic acids is 1. The van der Waals surface area contributed by atoms with Crippen LogP contribution in [0.15, 0.2) is 0 Å². The predicted molar refractivity (Wildman–Crippen MR) is 85.1 cm³/mol. The number of hydrogen-bond acceptors (Lipinski definition) is 10. The highest BCUT2D eigenvalue weighted by Crippen LogP contribution is 2.07. The van der Waals surface area contributed by atoms with Crippen molar-refractivity contribution >= 4 is 24.4 Å². The number of cyclic esters (lactones) is 4. The zero-order chi connectivity index (χ0) is 21.0. The minimum absolute atomic E-state index is 0.104. The highest BCUT2D eigenvalue weighted by Gasteiger charge is 2.25. The van der Waals surface area contributed by atoms with Gasteiger partial charge in [0.05, 0.1) is 0 Å². The van der Waals surface area contributed by atoms with Gasteiger partial charge in [0.25, 0.3) is 0 Å². The second kappa shape index (κ2) is 11.8. The zero-order valence-corrected chi connectivity index (χ0v) is 15.8. The minimum atomic E-state index is -1.08. The number of carbonyl (C=O) groups is 4. The second-order valence-electron chi connectivity index (χ2n) is 6.44. The van der Waals surface area contributed by atoms with Crippen LogP contribution in [0.3, 0.4) is 0 Å². The van der Waals surface area contributed by atoms with E-state index in [4.69, 9.17) is 14.6 Å². The fourth-order valence-electron chi connectivity index (χ4n) is 1.45. The smallest absolute Gasteiger partial charge is 0.508 e. The van der Waals surface area contributed by atoms with E-state index in [0.29, 0.717) is 13.2 Å². The minimum Gasteiger partial charge on any atom is -0.550 e. The number of carboxylic acids is 1. The first kappa shape index (κ1) is 24.2. The standard InChI is InChI=1S/C9H15NO5.C4H7NO3.C2H4O2/c1-9(2,3)15-7(11)10-6-4-13-8(12)14-5-6;5-3-1-7-4(6)8-2-3;1-2(3)4/h6H,4-5H2,1-3H3,(H,10,11);3H,1-2,5H2;1H3,(H,3,4). The van der Waals surface area contributed by atoms with Crippen LogP contribution in [-0.4, -0.2) is 68.5 Å². The molecule has 27 heavy (non-hydrogen) atoms. The van der Waals surface area contributed by atoms with Crippen molar-refractivity contribution in [3.63, 3.8) is 0 Å². The van der Waals surface area contributed by atoms with Gasteiger partial charge in [0.1, 0.15) is 38.1 Å². The lowest BCUT2D eigenvalue weighted by molar-refractivity contribution is -0.436. The number of carboxylic acid groups (broad SMARTS) is 1. The van der Waals surface area contributed by atoms with E-state index < -0.39 is 30.0 Å². The highest BCUT2D eigenvalue weighted by atomic mass is 16.7. The lowest BCUT2D eigenvalue weighted by atomic mass is 10.2. The molecule has 156 valence electrons. The van der Waals surface area contributed by atoms with Crippen molar-refractivity contribution in [2.45, 2.75) is 45.4 Å². The van der Waals surface area contributed by atoms with Crippen molar-refractivity contribution in [2.75, 3.05) is 26.4 Å². The van der Waals surface area contributed by atoms with Crippen LogP contribution in [0, 0.1) is 0 Å². The molecule has 0 aliphatic carbocycles. The lowest BCUT2D eigenvalue weighted by Gasteiger charge is -2.25. The number of hydrogen-bond donors (Lipinski definition) is 2. The molecular formula is C15H26N2O10. The van der Waals surface area contributed by atoms with Crippen LogP contribution >= 0.6 is 0 Å². The quantitative estimate of drug-likeness (QED) is 0.395. The van der Waals surface area contributed by atoms with E-state index >= 15 is 0 Å². The zero-order valence-electron chi connectivity index (χ0n) is 15.8. The van der Waals surface area contributed by atoms with Gasteiger partial charge in [-0.1, -0.05) is 0 Å². The number of ether oxygens (including phenoxy) is 5. The van der Waals surface area contributed by atoms with Gasteiger partial charge in [0, 0.05) is 5.97 Å². The molecule has 0 aromatic heterocycles. The molecular weight excluding hydrogens is 368 g/mol. The van der Waals surface area contributed by atoms with Crippen molar-refractivity contribution in [2.24, 2.45) is 0 Å². The Morgan fingerprint density at radius 1 is 1.04 bits per heavy atom. The van der Waals surface area contributed by atoms with Gasteiger partial charge >= 0.3 is 18.4 Å². The van der Waals surface area contributed by atoms with Gasteiger partial charge in [-0.2, -0.15) is 0 Å². The Morgan fingerprint density at radius 3 is 1.74 bits per heavy atom. The molecule has 0 aromatic carbocycles. The molecule has 2 heterocycles. The average molecular weight is 394 g/mol. The third-order valence-electron chi connectivity index (χ3n) is 2.40. The summed E-state index contributed by atoms with van der Waals surface area (Å²) >= 11 is 0. The van der Waals surface area contributed by atoms with Crippen LogP contribution in [0.5, 0.6) is 0 Å². The van der Waals surface area contributed by atoms with E-state index in [2.05, 4.69) is 30.0 Å². The van der Waals surface area contributed by atoms with Crippen LogP contribution in [0.4, 0.5) is 14.4 Å². The van der Waals surface area contributed by atoms with E-state index in [1.54, 1.807) is 20.8 Å². The summed E-state index contributed by atoms with van der Waals surface area (Å²) in [4.78, 5) is 40.8. The Kier molecular flexibility index (Phi) is 10.6. The van der Waals surface area contributed by atoms with Crippen LogP contribution < -0.4 is 16.2 Å². The number of carbonyl (C=O) groups excluding carboxylic acids is 4. The first-order valence-corrected chi connectivity index (χ1v) is 7.98. The van der Waals surface area contributed by atoms with E-state index in [9.17, 15) is 14.4 Å². The molecule has 2 aliphatic rings. The first-order valence-electron chi connectivity index (χ1n) is 7.98. The van der Waals surface area contributed by atoms with Crippen molar-refractivity contribution < 1.29 is 53.7 Å². The topological polar surface area (TPSA) is 177 Å². The molecule has 0 saturated carbocycles. The molecule has 2 saturated heterocycles. The van der Waals surface area contributed by atoms with Gasteiger partial charge in [0.2, 0.25) is 0 Å². The SMILES string of the molecule is CC(=O)[O-].CC(C)(C)OC(=O)NC1COC(=O)OC1.[NH3+]C1COC(=O)OC1. The molecule has 12 heteroatoms. The normalized spacial score (nSPS) is 17.2. The van der Waals surface area contributed by atoms with Crippen molar-refractivity contribution in [3.8, 4) is 0 Å². The van der Waals surface area contributed by atoms with Crippen LogP contribution in [0.25, 0.3) is 0 Å². The summed E-state index contributed by atoms with van der Waals surface area (Å²) in [5.41, 5.74) is 3.08. The van der Waals surface area contributed by atoms with E-state index in [1.807, 2.05) is 0 Å². The summed E-state index contributed by atoms with van der Waals surface area (Å²) in [6.45, 7) is 7.27. The molecule has 2 fully saturated rings. The van der Waals surface area contributed by atoms with Gasteiger partial charge < -0.3 is 44.6 Å². The molecule has 4 N–H and O–H groups in total. The average Bonchev–Trinajstić information content (AvgIpc) is 2.51. The van der Waals surface area contributed by atoms with Crippen LogP contribution in [-0.2, 0) is 28.5 Å². The molecule has 0 radical (unpaired) electrons. The molecule has 2 rings (SSSR count). The molecule has 12 nitrogen and oxygen atoms in total. The molecule has 1 amide bonds. The maximum Gasteiger partial charge on any atom is 0.508 e. The highest BCUT2D eigenvalue weighted by molar-refractivity contribution is 5.68. The maximum atomic E-state index is 11.3. The monoisotopic (exact) mass is 394 g/mol. The van der Waals surface area contributed by atoms with E-state index in [0.717, 1.165) is 6.92 Å². The van der Waals surface area contributed by atoms with Crippen molar-refractivity contribution in [1.29, 1.82) is 0 Å². The van der Waals surface area contributed by atoms with E-state index in [-0.39, 0.29) is 25.3 Å². The molecule has 0 spiro atoms. The Bertz CT molecular complexity index is 493. The fraction of sp³-hybridized carbons (Fsp3) is 0.733.